The number of nitro groups is 1. The Morgan fingerprint density at radius 1 is 1.33 bits per heavy atom. The summed E-state index contributed by atoms with van der Waals surface area (Å²) in [5.41, 5.74) is 0.851. The molecule has 8 heteroatoms. The molecule has 0 atom stereocenters. The second kappa shape index (κ2) is 6.54. The second-order valence-electron chi connectivity index (χ2n) is 4.97. The molecular formula is C16H12ClN3O3S. The number of rotatable bonds is 4. The van der Waals surface area contributed by atoms with E-state index in [4.69, 9.17) is 11.6 Å². The maximum Gasteiger partial charge on any atom is 0.270 e. The molecule has 2 aromatic carbocycles. The molecule has 1 aromatic heterocycles. The number of carbonyl (C=O) groups is 1. The molecule has 1 amide bonds. The van der Waals surface area contributed by atoms with Crippen molar-refractivity contribution in [1.82, 2.24) is 4.98 Å². The second-order valence-corrected chi connectivity index (χ2v) is 6.41. The normalized spacial score (nSPS) is 10.8. The molecule has 24 heavy (non-hydrogen) atoms. The first kappa shape index (κ1) is 16.4. The van der Waals surface area contributed by atoms with Gasteiger partial charge in [-0.05, 0) is 31.2 Å². The summed E-state index contributed by atoms with van der Waals surface area (Å²) in [6.45, 7) is 2.23. The van der Waals surface area contributed by atoms with Gasteiger partial charge in [0.05, 0.1) is 15.1 Å². The molecule has 0 fully saturated rings. The summed E-state index contributed by atoms with van der Waals surface area (Å²) in [7, 11) is 0. The molecule has 0 spiro atoms. The van der Waals surface area contributed by atoms with Crippen molar-refractivity contribution < 1.29 is 9.72 Å². The van der Waals surface area contributed by atoms with Gasteiger partial charge in [-0.2, -0.15) is 0 Å². The van der Waals surface area contributed by atoms with E-state index in [9.17, 15) is 14.9 Å². The van der Waals surface area contributed by atoms with Crippen molar-refractivity contribution in [2.24, 2.45) is 0 Å². The van der Waals surface area contributed by atoms with Crippen molar-refractivity contribution in [2.75, 3.05) is 11.4 Å². The van der Waals surface area contributed by atoms with Crippen LogP contribution in [0, 0.1) is 10.1 Å². The maximum atomic E-state index is 12.7. The summed E-state index contributed by atoms with van der Waals surface area (Å²) >= 11 is 7.34. The minimum absolute atomic E-state index is 0.118. The lowest BCUT2D eigenvalue weighted by Gasteiger charge is -2.17. The van der Waals surface area contributed by atoms with Crippen LogP contribution in [-0.4, -0.2) is 22.4 Å². The molecule has 0 aliphatic rings. The van der Waals surface area contributed by atoms with E-state index in [1.165, 1.54) is 34.4 Å². The minimum atomic E-state index is -0.521. The fourth-order valence-electron chi connectivity index (χ4n) is 2.28. The third kappa shape index (κ3) is 3.08. The van der Waals surface area contributed by atoms with Crippen LogP contribution in [-0.2, 0) is 0 Å². The zero-order chi connectivity index (χ0) is 17.3. The van der Waals surface area contributed by atoms with E-state index in [0.717, 1.165) is 4.70 Å². The molecule has 122 valence electrons. The van der Waals surface area contributed by atoms with Crippen molar-refractivity contribution in [2.45, 2.75) is 6.92 Å². The highest BCUT2D eigenvalue weighted by Crippen LogP contribution is 2.31. The van der Waals surface area contributed by atoms with E-state index in [0.29, 0.717) is 22.2 Å². The van der Waals surface area contributed by atoms with E-state index in [1.807, 2.05) is 13.0 Å². The number of fused-ring (bicyclic) bond motifs is 1. The first-order valence-electron chi connectivity index (χ1n) is 7.12. The molecule has 6 nitrogen and oxygen atoms in total. The van der Waals surface area contributed by atoms with Crippen LogP contribution in [0.5, 0.6) is 0 Å². The maximum absolute atomic E-state index is 12.7. The Morgan fingerprint density at radius 2 is 2.12 bits per heavy atom. The van der Waals surface area contributed by atoms with Crippen LogP contribution in [0.15, 0.2) is 42.5 Å². The Morgan fingerprint density at radius 3 is 2.83 bits per heavy atom. The molecule has 3 rings (SSSR count). The van der Waals surface area contributed by atoms with Crippen molar-refractivity contribution in [3.63, 3.8) is 0 Å². The van der Waals surface area contributed by atoms with Crippen LogP contribution < -0.4 is 4.90 Å². The van der Waals surface area contributed by atoms with Crippen molar-refractivity contribution in [1.29, 1.82) is 0 Å². The first-order chi connectivity index (χ1) is 11.5. The van der Waals surface area contributed by atoms with Gasteiger partial charge in [-0.25, -0.2) is 4.98 Å². The van der Waals surface area contributed by atoms with E-state index in [-0.39, 0.29) is 17.2 Å². The number of benzene rings is 2. The van der Waals surface area contributed by atoms with E-state index in [1.54, 1.807) is 18.2 Å². The number of carbonyl (C=O) groups excluding carboxylic acids is 1. The molecule has 0 aliphatic carbocycles. The van der Waals surface area contributed by atoms with Gasteiger partial charge >= 0.3 is 0 Å². The molecule has 1 heterocycles. The smallest absolute Gasteiger partial charge is 0.270 e. The summed E-state index contributed by atoms with van der Waals surface area (Å²) in [6.07, 6.45) is 0. The van der Waals surface area contributed by atoms with Crippen LogP contribution in [0.1, 0.15) is 17.3 Å². The predicted molar refractivity (Wildman–Crippen MR) is 95.1 cm³/mol. The van der Waals surface area contributed by atoms with E-state index >= 15 is 0 Å². The van der Waals surface area contributed by atoms with Gasteiger partial charge in [0, 0.05) is 29.3 Å². The van der Waals surface area contributed by atoms with Crippen LogP contribution in [0.4, 0.5) is 10.8 Å². The number of hydrogen-bond donors (Lipinski definition) is 0. The van der Waals surface area contributed by atoms with Crippen LogP contribution >= 0.6 is 22.9 Å². The Labute approximate surface area is 146 Å². The lowest BCUT2D eigenvalue weighted by atomic mass is 10.2. The molecule has 0 bridgehead atoms. The van der Waals surface area contributed by atoms with Gasteiger partial charge in [-0.3, -0.25) is 19.8 Å². The van der Waals surface area contributed by atoms with Crippen molar-refractivity contribution >= 4 is 49.9 Å². The minimum Gasteiger partial charge on any atom is -0.284 e. The molecule has 0 saturated heterocycles. The topological polar surface area (TPSA) is 76.3 Å². The van der Waals surface area contributed by atoms with Crippen LogP contribution in [0.2, 0.25) is 5.02 Å². The highest BCUT2D eigenvalue weighted by molar-refractivity contribution is 7.22. The number of non-ortho nitro benzene ring substituents is 1. The number of halogens is 1. The standard InChI is InChI=1S/C16H12ClN3O3S/c1-2-19(15(21)10-4-3-5-12(8-10)20(22)23)16-18-13-9-11(17)6-7-14(13)24-16/h3-9H,2H2,1H3. The summed E-state index contributed by atoms with van der Waals surface area (Å²) < 4.78 is 0.916. The fourth-order valence-corrected chi connectivity index (χ4v) is 3.45. The van der Waals surface area contributed by atoms with Crippen LogP contribution in [0.25, 0.3) is 10.2 Å². The third-order valence-electron chi connectivity index (χ3n) is 3.43. The van der Waals surface area contributed by atoms with Gasteiger partial charge in [-0.15, -0.1) is 0 Å². The zero-order valence-electron chi connectivity index (χ0n) is 12.6. The highest BCUT2D eigenvalue weighted by Gasteiger charge is 2.21. The van der Waals surface area contributed by atoms with Gasteiger partial charge in [0.25, 0.3) is 11.6 Å². The Hall–Kier alpha value is -2.51. The average Bonchev–Trinajstić information content (AvgIpc) is 2.98. The summed E-state index contributed by atoms with van der Waals surface area (Å²) in [4.78, 5) is 29.1. The van der Waals surface area contributed by atoms with Gasteiger partial charge in [0.1, 0.15) is 0 Å². The quantitative estimate of drug-likeness (QED) is 0.505. The monoisotopic (exact) mass is 361 g/mol. The fraction of sp³-hybridized carbons (Fsp3) is 0.125. The van der Waals surface area contributed by atoms with Crippen molar-refractivity contribution in [3.05, 3.63) is 63.2 Å². The van der Waals surface area contributed by atoms with Gasteiger partial charge in [0.2, 0.25) is 0 Å². The van der Waals surface area contributed by atoms with E-state index in [2.05, 4.69) is 4.98 Å². The number of thiazole rings is 1. The SMILES string of the molecule is CCN(C(=O)c1cccc([N+](=O)[O-])c1)c1nc2cc(Cl)ccc2s1. The predicted octanol–water partition coefficient (Wildman–Crippen LogP) is 4.52. The number of hydrogen-bond acceptors (Lipinski definition) is 5. The van der Waals surface area contributed by atoms with Crippen LogP contribution in [0.3, 0.4) is 0 Å². The van der Waals surface area contributed by atoms with Gasteiger partial charge < -0.3 is 0 Å². The number of nitro benzene ring substituents is 1. The molecule has 0 N–H and O–H groups in total. The highest BCUT2D eigenvalue weighted by atomic mass is 35.5. The molecule has 3 aromatic rings. The molecule has 0 radical (unpaired) electrons. The molecule has 0 saturated carbocycles. The number of nitrogens with zero attached hydrogens (tertiary/aromatic N) is 3. The summed E-state index contributed by atoms with van der Waals surface area (Å²) in [5.74, 6) is -0.327. The molecule has 0 unspecified atom stereocenters. The lowest BCUT2D eigenvalue weighted by Crippen LogP contribution is -2.30. The lowest BCUT2D eigenvalue weighted by molar-refractivity contribution is -0.384. The third-order valence-corrected chi connectivity index (χ3v) is 4.73. The first-order valence-corrected chi connectivity index (χ1v) is 8.31. The molecule has 0 aliphatic heterocycles. The Balaban J connectivity index is 1.99. The number of amides is 1. The van der Waals surface area contributed by atoms with Crippen molar-refractivity contribution in [3.8, 4) is 0 Å². The van der Waals surface area contributed by atoms with Gasteiger partial charge in [0.15, 0.2) is 5.13 Å². The number of aromatic nitrogens is 1. The Bertz CT molecular complexity index is 941. The summed E-state index contributed by atoms with van der Waals surface area (Å²) in [6, 6.07) is 11.0. The largest absolute Gasteiger partial charge is 0.284 e. The molecular weight excluding hydrogens is 350 g/mol. The van der Waals surface area contributed by atoms with E-state index < -0.39 is 4.92 Å². The zero-order valence-corrected chi connectivity index (χ0v) is 14.2. The van der Waals surface area contributed by atoms with Gasteiger partial charge in [-0.1, -0.05) is 29.0 Å². The Kier molecular flexibility index (Phi) is 4.46. The number of anilines is 1. The summed E-state index contributed by atoms with van der Waals surface area (Å²) in [5, 5.41) is 12.0. The average molecular weight is 362 g/mol.